The van der Waals surface area contributed by atoms with Crippen LogP contribution in [-0.4, -0.2) is 29.3 Å². The third-order valence-electron chi connectivity index (χ3n) is 4.75. The number of hydrogen-bond acceptors (Lipinski definition) is 3. The summed E-state index contributed by atoms with van der Waals surface area (Å²) < 4.78 is 6.08. The van der Waals surface area contributed by atoms with Gasteiger partial charge in [-0.1, -0.05) is 62.3 Å². The quantitative estimate of drug-likeness (QED) is 0.381. The van der Waals surface area contributed by atoms with Crippen LogP contribution in [-0.2, 0) is 26.1 Å². The van der Waals surface area contributed by atoms with E-state index in [2.05, 4.69) is 88.9 Å². The molecule has 0 spiro atoms. The summed E-state index contributed by atoms with van der Waals surface area (Å²) in [4.78, 5) is 0. The highest BCUT2D eigenvalue weighted by Crippen LogP contribution is 2.13. The normalized spacial score (nSPS) is 9.64. The Labute approximate surface area is 204 Å². The second-order valence-electron chi connectivity index (χ2n) is 7.44. The Morgan fingerprint density at radius 3 is 1.15 bits per heavy atom. The highest BCUT2D eigenvalue weighted by Gasteiger charge is 2.04. The summed E-state index contributed by atoms with van der Waals surface area (Å²) in [5.74, 6) is 1.17. The summed E-state index contributed by atoms with van der Waals surface area (Å²) in [6.07, 6.45) is 6.65. The first-order valence-electron chi connectivity index (χ1n) is 12.9. The smallest absolute Gasteiger partial charge is 0.0492 e. The van der Waals surface area contributed by atoms with Crippen LogP contribution in [0.5, 0.6) is 0 Å². The van der Waals surface area contributed by atoms with Gasteiger partial charge in [0.25, 0.3) is 0 Å². The maximum atomic E-state index is 4.17. The van der Waals surface area contributed by atoms with E-state index in [1.165, 1.54) is 17.1 Å². The molecule has 0 bridgehead atoms. The summed E-state index contributed by atoms with van der Waals surface area (Å²) in [7, 11) is 0. The van der Waals surface area contributed by atoms with E-state index in [0.717, 1.165) is 26.1 Å². The monoisotopic (exact) mass is 460 g/mol. The minimum atomic E-state index is 0.586. The predicted molar refractivity (Wildman–Crippen MR) is 144 cm³/mol. The molecule has 0 unspecified atom stereocenters. The molecule has 0 fully saturated rings. The van der Waals surface area contributed by atoms with Gasteiger partial charge in [0.15, 0.2) is 0 Å². The minimum Gasteiger partial charge on any atom is -0.270 e. The molecule has 0 saturated carbocycles. The number of hydrogen-bond donors (Lipinski definition) is 0. The summed E-state index contributed by atoms with van der Waals surface area (Å²) in [6.45, 7) is 28.1. The molecule has 3 aromatic rings. The van der Waals surface area contributed by atoms with Crippen molar-refractivity contribution >= 4 is 0 Å². The largest absolute Gasteiger partial charge is 0.270 e. The molecule has 6 nitrogen and oxygen atoms in total. The molecule has 3 rings (SSSR count). The van der Waals surface area contributed by atoms with Gasteiger partial charge in [-0.3, -0.25) is 14.0 Å². The Morgan fingerprint density at radius 1 is 0.576 bits per heavy atom. The van der Waals surface area contributed by atoms with Crippen molar-refractivity contribution in [1.29, 1.82) is 0 Å². The van der Waals surface area contributed by atoms with Crippen LogP contribution in [0, 0.1) is 0 Å². The van der Waals surface area contributed by atoms with Crippen molar-refractivity contribution in [2.45, 2.75) is 121 Å². The summed E-state index contributed by atoms with van der Waals surface area (Å²) in [5, 5.41) is 12.5. The lowest BCUT2D eigenvalue weighted by Crippen LogP contribution is -2.03. The molecule has 0 aliphatic rings. The van der Waals surface area contributed by atoms with Crippen LogP contribution < -0.4 is 0 Å². The molecule has 190 valence electrons. The molecule has 3 heterocycles. The Bertz CT molecular complexity index is 730. The zero-order chi connectivity index (χ0) is 25.8. The Hall–Kier alpha value is -2.37. The van der Waals surface area contributed by atoms with E-state index >= 15 is 0 Å². The van der Waals surface area contributed by atoms with Crippen molar-refractivity contribution in [2.24, 2.45) is 0 Å². The highest BCUT2D eigenvalue weighted by atomic mass is 15.3. The molecule has 33 heavy (non-hydrogen) atoms. The first-order chi connectivity index (χ1) is 15.9. The van der Waals surface area contributed by atoms with E-state index < -0.39 is 0 Å². The van der Waals surface area contributed by atoms with Gasteiger partial charge < -0.3 is 0 Å². The van der Waals surface area contributed by atoms with Gasteiger partial charge in [-0.15, -0.1) is 0 Å². The maximum Gasteiger partial charge on any atom is 0.0492 e. The maximum absolute atomic E-state index is 4.17. The Kier molecular flexibility index (Phi) is 20.1. The number of nitrogens with zero attached hydrogens (tertiary/aromatic N) is 6. The Morgan fingerprint density at radius 2 is 0.909 bits per heavy atom. The molecule has 0 aliphatic carbocycles. The first kappa shape index (κ1) is 32.8. The van der Waals surface area contributed by atoms with Crippen LogP contribution in [0.3, 0.4) is 0 Å². The van der Waals surface area contributed by atoms with E-state index in [9.17, 15) is 0 Å². The van der Waals surface area contributed by atoms with Gasteiger partial charge in [-0.25, -0.2) is 0 Å². The molecule has 0 amide bonds. The minimum absolute atomic E-state index is 0.586. The summed E-state index contributed by atoms with van der Waals surface area (Å²) in [5.41, 5.74) is 3.96. The molecular formula is C27H52N6. The lowest BCUT2D eigenvalue weighted by molar-refractivity contribution is 0.598. The van der Waals surface area contributed by atoms with Crippen molar-refractivity contribution in [2.75, 3.05) is 0 Å². The molecule has 3 aromatic heterocycles. The van der Waals surface area contributed by atoms with Gasteiger partial charge in [-0.05, 0) is 57.2 Å². The molecule has 6 heteroatoms. The number of aryl methyl sites for hydroxylation is 4. The second-order valence-corrected chi connectivity index (χ2v) is 7.44. The van der Waals surface area contributed by atoms with Crippen LogP contribution in [0.4, 0.5) is 0 Å². The molecule has 0 N–H and O–H groups in total. The van der Waals surface area contributed by atoms with E-state index in [1.807, 2.05) is 60.3 Å². The van der Waals surface area contributed by atoms with Gasteiger partial charge in [-0.2, -0.15) is 15.3 Å². The number of rotatable bonds is 6. The lowest BCUT2D eigenvalue weighted by atomic mass is 10.1. The topological polar surface area (TPSA) is 53.5 Å². The van der Waals surface area contributed by atoms with E-state index in [0.29, 0.717) is 11.8 Å². The second kappa shape index (κ2) is 20.3. The Balaban J connectivity index is 0. The molecule has 0 atom stereocenters. The van der Waals surface area contributed by atoms with Gasteiger partial charge in [0, 0.05) is 55.3 Å². The fourth-order valence-electron chi connectivity index (χ4n) is 3.14. The van der Waals surface area contributed by atoms with Gasteiger partial charge in [0.2, 0.25) is 0 Å². The van der Waals surface area contributed by atoms with Crippen LogP contribution in [0.15, 0.2) is 36.8 Å². The van der Waals surface area contributed by atoms with Crippen molar-refractivity contribution < 1.29 is 0 Å². The van der Waals surface area contributed by atoms with E-state index in [1.54, 1.807) is 0 Å². The molecular weight excluding hydrogens is 408 g/mol. The highest BCUT2D eigenvalue weighted by molar-refractivity contribution is 5.05. The van der Waals surface area contributed by atoms with Crippen LogP contribution in [0.1, 0.15) is 112 Å². The average molecular weight is 461 g/mol. The third-order valence-corrected chi connectivity index (χ3v) is 4.75. The molecule has 0 aliphatic heterocycles. The first-order valence-corrected chi connectivity index (χ1v) is 12.9. The fourth-order valence-corrected chi connectivity index (χ4v) is 3.14. The predicted octanol–water partition coefficient (Wildman–Crippen LogP) is 7.57. The van der Waals surface area contributed by atoms with Gasteiger partial charge >= 0.3 is 0 Å². The van der Waals surface area contributed by atoms with E-state index in [4.69, 9.17) is 0 Å². The van der Waals surface area contributed by atoms with Gasteiger partial charge in [0.1, 0.15) is 0 Å². The third kappa shape index (κ3) is 11.9. The zero-order valence-electron chi connectivity index (χ0n) is 23.6. The SMILES string of the molecule is CC.CC.CCc1ccnn1CC.CCn1nccc1C(C)C.CCn1nccc1C(C)C. The van der Waals surface area contributed by atoms with Crippen molar-refractivity contribution in [3.05, 3.63) is 53.9 Å². The number of aromatic nitrogens is 6. The van der Waals surface area contributed by atoms with E-state index in [-0.39, 0.29) is 0 Å². The van der Waals surface area contributed by atoms with Crippen molar-refractivity contribution in [3.63, 3.8) is 0 Å². The standard InChI is InChI=1S/2C8H14N2.C7H12N2.2C2H6/c2*1-4-10-8(7(2)3)5-6-9-10;1-3-7-5-6-8-9(7)4-2;2*1-2/h2*5-7H,4H2,1-3H3;5-6H,3-4H2,1-2H3;2*1-2H3. The average Bonchev–Trinajstić information content (AvgIpc) is 3.61. The van der Waals surface area contributed by atoms with Crippen molar-refractivity contribution in [3.8, 4) is 0 Å². The zero-order valence-corrected chi connectivity index (χ0v) is 23.6. The molecule has 0 aromatic carbocycles. The molecule has 0 saturated heterocycles. The fraction of sp³-hybridized carbons (Fsp3) is 0.667. The molecule has 0 radical (unpaired) electrons. The lowest BCUT2D eigenvalue weighted by Gasteiger charge is -2.06. The summed E-state index contributed by atoms with van der Waals surface area (Å²) in [6, 6.07) is 6.21. The van der Waals surface area contributed by atoms with Crippen molar-refractivity contribution in [1.82, 2.24) is 29.3 Å². The van der Waals surface area contributed by atoms with Crippen LogP contribution in [0.25, 0.3) is 0 Å². The van der Waals surface area contributed by atoms with Gasteiger partial charge in [0.05, 0.1) is 0 Å². The summed E-state index contributed by atoms with van der Waals surface area (Å²) >= 11 is 0. The van der Waals surface area contributed by atoms with Crippen LogP contribution in [0.2, 0.25) is 0 Å². The van der Waals surface area contributed by atoms with Crippen LogP contribution >= 0.6 is 0 Å².